The number of hydrogen-bond donors (Lipinski definition) is 0. The molecular formula is C22H23N3O5. The molecule has 2 heterocycles. The van der Waals surface area contributed by atoms with E-state index in [1.807, 2.05) is 0 Å². The Morgan fingerprint density at radius 2 is 1.83 bits per heavy atom. The van der Waals surface area contributed by atoms with Gasteiger partial charge in [0, 0.05) is 13.1 Å². The lowest BCUT2D eigenvalue weighted by Gasteiger charge is -2.26. The summed E-state index contributed by atoms with van der Waals surface area (Å²) in [6.07, 6.45) is 6.50. The largest absolute Gasteiger partial charge is 0.484 e. The zero-order valence-electron chi connectivity index (χ0n) is 16.5. The maximum atomic E-state index is 12.7. The number of allylic oxidation sites excluding steroid dienone is 2. The second kappa shape index (κ2) is 7.68. The molecule has 2 bridgehead atoms. The highest BCUT2D eigenvalue weighted by atomic mass is 16.5. The molecule has 30 heavy (non-hydrogen) atoms. The first kappa shape index (κ1) is 19.0. The third kappa shape index (κ3) is 3.31. The molecule has 4 unspecified atom stereocenters. The molecule has 3 fully saturated rings. The van der Waals surface area contributed by atoms with E-state index in [0.717, 1.165) is 11.4 Å². The number of benzene rings is 1. The molecule has 156 valence electrons. The van der Waals surface area contributed by atoms with Crippen LogP contribution in [0, 0.1) is 23.7 Å². The Labute approximate surface area is 174 Å². The highest BCUT2D eigenvalue weighted by Crippen LogP contribution is 2.52. The Hall–Kier alpha value is -3.00. The molecule has 0 radical (unpaired) electrons. The Morgan fingerprint density at radius 3 is 2.53 bits per heavy atom. The van der Waals surface area contributed by atoms with E-state index in [4.69, 9.17) is 9.47 Å². The van der Waals surface area contributed by atoms with Crippen LogP contribution in [0.25, 0.3) is 0 Å². The zero-order valence-corrected chi connectivity index (χ0v) is 16.5. The fourth-order valence-electron chi connectivity index (χ4n) is 4.86. The number of nitrogens with zero attached hydrogens (tertiary/aromatic N) is 3. The molecule has 2 aliphatic carbocycles. The number of hydrazone groups is 1. The van der Waals surface area contributed by atoms with Crippen molar-refractivity contribution in [3.05, 3.63) is 42.0 Å². The predicted octanol–water partition coefficient (Wildman–Crippen LogP) is 1.07. The third-order valence-corrected chi connectivity index (χ3v) is 6.35. The van der Waals surface area contributed by atoms with Crippen LogP contribution in [0.3, 0.4) is 0 Å². The molecule has 1 saturated carbocycles. The van der Waals surface area contributed by atoms with Gasteiger partial charge in [0.2, 0.25) is 0 Å². The molecule has 0 aromatic heterocycles. The lowest BCUT2D eigenvalue weighted by molar-refractivity contribution is -0.140. The second-order valence-corrected chi connectivity index (χ2v) is 8.09. The first-order valence-corrected chi connectivity index (χ1v) is 10.3. The average Bonchev–Trinajstić information content (AvgIpc) is 3.46. The first-order valence-electron chi connectivity index (χ1n) is 10.3. The van der Waals surface area contributed by atoms with Crippen molar-refractivity contribution >= 4 is 23.9 Å². The molecule has 2 saturated heterocycles. The molecule has 4 atom stereocenters. The van der Waals surface area contributed by atoms with Gasteiger partial charge in [-0.25, -0.2) is 0 Å². The van der Waals surface area contributed by atoms with E-state index in [1.165, 1.54) is 6.21 Å². The fraction of sp³-hybridized carbons (Fsp3) is 0.455. The Bertz CT molecular complexity index is 906. The molecule has 8 nitrogen and oxygen atoms in total. The Kier molecular flexibility index (Phi) is 4.86. The maximum absolute atomic E-state index is 12.7. The molecule has 1 aromatic carbocycles. The van der Waals surface area contributed by atoms with E-state index in [0.29, 0.717) is 37.6 Å². The van der Waals surface area contributed by atoms with Crippen LogP contribution in [0.5, 0.6) is 5.75 Å². The van der Waals surface area contributed by atoms with E-state index in [2.05, 4.69) is 17.3 Å². The van der Waals surface area contributed by atoms with Crippen molar-refractivity contribution in [1.29, 1.82) is 0 Å². The van der Waals surface area contributed by atoms with Crippen LogP contribution < -0.4 is 4.74 Å². The van der Waals surface area contributed by atoms with Gasteiger partial charge in [0.05, 0.1) is 31.3 Å². The molecular weight excluding hydrogens is 386 g/mol. The van der Waals surface area contributed by atoms with Gasteiger partial charge in [-0.3, -0.25) is 14.4 Å². The third-order valence-electron chi connectivity index (χ3n) is 6.35. The predicted molar refractivity (Wildman–Crippen MR) is 107 cm³/mol. The van der Waals surface area contributed by atoms with Gasteiger partial charge in [0.1, 0.15) is 5.75 Å². The summed E-state index contributed by atoms with van der Waals surface area (Å²) in [5, 5.41) is 5.21. The van der Waals surface area contributed by atoms with Crippen LogP contribution in [0.2, 0.25) is 0 Å². The summed E-state index contributed by atoms with van der Waals surface area (Å²) in [6, 6.07) is 7.07. The molecule has 4 aliphatic rings. The van der Waals surface area contributed by atoms with E-state index in [9.17, 15) is 14.4 Å². The van der Waals surface area contributed by atoms with Gasteiger partial charge in [0.15, 0.2) is 6.61 Å². The number of ether oxygens (including phenoxy) is 2. The number of hydrogen-bond acceptors (Lipinski definition) is 6. The summed E-state index contributed by atoms with van der Waals surface area (Å²) in [5.41, 5.74) is 0.685. The van der Waals surface area contributed by atoms with Gasteiger partial charge in [-0.2, -0.15) is 10.1 Å². The summed E-state index contributed by atoms with van der Waals surface area (Å²) in [4.78, 5) is 39.3. The highest BCUT2D eigenvalue weighted by Gasteiger charge is 2.59. The minimum absolute atomic E-state index is 0.0527. The number of rotatable bonds is 5. The minimum Gasteiger partial charge on any atom is -0.484 e. The molecule has 2 aliphatic heterocycles. The number of imide groups is 1. The summed E-state index contributed by atoms with van der Waals surface area (Å²) in [7, 11) is 0. The van der Waals surface area contributed by atoms with Crippen molar-refractivity contribution in [3.63, 3.8) is 0 Å². The number of carbonyl (C=O) groups is 3. The Morgan fingerprint density at radius 1 is 1.13 bits per heavy atom. The van der Waals surface area contributed by atoms with Gasteiger partial charge in [0.25, 0.3) is 17.7 Å². The zero-order chi connectivity index (χ0) is 20.7. The summed E-state index contributed by atoms with van der Waals surface area (Å²) >= 11 is 0. The van der Waals surface area contributed by atoms with Crippen molar-refractivity contribution in [2.45, 2.75) is 6.42 Å². The number of morpholine rings is 1. The smallest absolute Gasteiger partial charge is 0.260 e. The van der Waals surface area contributed by atoms with Gasteiger partial charge < -0.3 is 14.4 Å². The number of amides is 3. The van der Waals surface area contributed by atoms with Gasteiger partial charge >= 0.3 is 0 Å². The van der Waals surface area contributed by atoms with Crippen LogP contribution in [0.1, 0.15) is 12.0 Å². The van der Waals surface area contributed by atoms with E-state index < -0.39 is 0 Å². The number of carbonyl (C=O) groups excluding carboxylic acids is 3. The maximum Gasteiger partial charge on any atom is 0.260 e. The molecule has 1 aromatic rings. The van der Waals surface area contributed by atoms with Crippen molar-refractivity contribution in [2.24, 2.45) is 28.8 Å². The molecule has 0 spiro atoms. The molecule has 8 heteroatoms. The fourth-order valence-corrected chi connectivity index (χ4v) is 4.86. The summed E-state index contributed by atoms with van der Waals surface area (Å²) < 4.78 is 10.9. The lowest BCUT2D eigenvalue weighted by Crippen LogP contribution is -2.42. The highest BCUT2D eigenvalue weighted by molar-refractivity contribution is 6.06. The van der Waals surface area contributed by atoms with Crippen molar-refractivity contribution in [2.75, 3.05) is 32.9 Å². The minimum atomic E-state index is -0.259. The average molecular weight is 409 g/mol. The van der Waals surface area contributed by atoms with Crippen LogP contribution in [0.15, 0.2) is 41.5 Å². The summed E-state index contributed by atoms with van der Waals surface area (Å²) in [6.45, 7) is 2.19. The van der Waals surface area contributed by atoms with Gasteiger partial charge in [-0.05, 0) is 36.0 Å². The van der Waals surface area contributed by atoms with Gasteiger partial charge in [-0.1, -0.05) is 24.3 Å². The van der Waals surface area contributed by atoms with Crippen molar-refractivity contribution in [1.82, 2.24) is 9.91 Å². The lowest BCUT2D eigenvalue weighted by atomic mass is 9.85. The first-order chi connectivity index (χ1) is 14.6. The molecule has 3 amide bonds. The van der Waals surface area contributed by atoms with E-state index in [1.54, 1.807) is 29.2 Å². The van der Waals surface area contributed by atoms with Crippen molar-refractivity contribution < 1.29 is 23.9 Å². The topological polar surface area (TPSA) is 88.5 Å². The SMILES string of the molecule is O=C(COc1cccc(C=NN2C(=O)C3C4C=CC(C4)C3C2=O)c1)N1CCOCC1. The van der Waals surface area contributed by atoms with Crippen molar-refractivity contribution in [3.8, 4) is 5.75 Å². The monoisotopic (exact) mass is 409 g/mol. The van der Waals surface area contributed by atoms with Crippen LogP contribution in [-0.2, 0) is 19.1 Å². The van der Waals surface area contributed by atoms with E-state index >= 15 is 0 Å². The van der Waals surface area contributed by atoms with Crippen LogP contribution in [-0.4, -0.2) is 66.8 Å². The number of fused-ring (bicyclic) bond motifs is 5. The quantitative estimate of drug-likeness (QED) is 0.412. The second-order valence-electron chi connectivity index (χ2n) is 8.09. The standard InChI is InChI=1S/C22H23N3O5/c26-18(24-6-8-29-9-7-24)13-30-17-3-1-2-14(10-17)12-23-25-21(27)19-15-4-5-16(11-15)20(19)22(25)28/h1-5,10,12,15-16,19-20H,6-9,11,13H2. The molecule has 5 rings (SSSR count). The normalized spacial score (nSPS) is 29.9. The molecule has 0 N–H and O–H groups in total. The van der Waals surface area contributed by atoms with E-state index in [-0.39, 0.29) is 48.0 Å². The summed E-state index contributed by atoms with van der Waals surface area (Å²) in [5.74, 6) is -0.159. The van der Waals surface area contributed by atoms with Gasteiger partial charge in [-0.15, -0.1) is 0 Å². The van der Waals surface area contributed by atoms with Crippen LogP contribution in [0.4, 0.5) is 0 Å². The Balaban J connectivity index is 1.22. The van der Waals surface area contributed by atoms with Crippen LogP contribution >= 0.6 is 0 Å².